The third-order valence-electron chi connectivity index (χ3n) is 3.73. The van der Waals surface area contributed by atoms with Crippen molar-refractivity contribution in [3.05, 3.63) is 91.4 Å². The van der Waals surface area contributed by atoms with E-state index in [0.29, 0.717) is 10.8 Å². The molecule has 0 amide bonds. The van der Waals surface area contributed by atoms with E-state index in [9.17, 15) is 0 Å². The minimum Gasteiger partial charge on any atom is -0.184 e. The van der Waals surface area contributed by atoms with Gasteiger partial charge < -0.3 is 7.43 Å². The van der Waals surface area contributed by atoms with E-state index >= 15 is 0 Å². The molecule has 0 bridgehead atoms. The molecular weight excluding hydrogens is 535 g/mol. The Morgan fingerprint density at radius 1 is 0.724 bits per heavy atom. The molecule has 2 aliphatic rings. The van der Waals surface area contributed by atoms with Crippen molar-refractivity contribution in [2.75, 3.05) is 0 Å². The minimum absolute atomic E-state index is 0. The average molecular weight is 573 g/mol. The van der Waals surface area contributed by atoms with E-state index in [1.807, 2.05) is 30.3 Å². The molecule has 0 aliphatic heterocycles. The molecule has 29 heavy (non-hydrogen) atoms. The van der Waals surface area contributed by atoms with Gasteiger partial charge in [-0.25, -0.2) is 12.2 Å². The van der Waals surface area contributed by atoms with Gasteiger partial charge in [-0.3, -0.25) is 12.2 Å². The van der Waals surface area contributed by atoms with Gasteiger partial charge in [-0.2, -0.15) is 59.7 Å². The van der Waals surface area contributed by atoms with Crippen LogP contribution in [0, 0.1) is 36.5 Å². The summed E-state index contributed by atoms with van der Waals surface area (Å²) in [5.41, 5.74) is 3.48. The third kappa shape index (κ3) is 18.7. The molecule has 2 aliphatic carbocycles. The number of rotatable bonds is 0. The summed E-state index contributed by atoms with van der Waals surface area (Å²) >= 11 is 3.14. The molecule has 3 rings (SSSR count). The topological polar surface area (TPSA) is 0 Å². The quantitative estimate of drug-likeness (QED) is 0.226. The van der Waals surface area contributed by atoms with Crippen molar-refractivity contribution in [3.63, 3.8) is 0 Å². The second kappa shape index (κ2) is 20.1. The van der Waals surface area contributed by atoms with Gasteiger partial charge in [-0.1, -0.05) is 52.4 Å². The SMILES string of the molecule is CC(C)(C)C1=CC[C-]=C1.CC(C)(C)C1=CC[C-]=C1.Cl.Cl.[CH3-].[GeH2]=[Zr].[c-]1ccccc1. The predicted octanol–water partition coefficient (Wildman–Crippen LogP) is 7.31. The van der Waals surface area contributed by atoms with E-state index in [2.05, 4.69) is 84.1 Å². The first-order valence-electron chi connectivity index (χ1n) is 9.02. The first kappa shape index (κ1) is 36.6. The van der Waals surface area contributed by atoms with Crippen LogP contribution in [0.4, 0.5) is 0 Å². The largest absolute Gasteiger partial charge is 0.184 e. The molecule has 0 nitrogen and oxygen atoms in total. The maximum atomic E-state index is 3.16. The normalized spacial score (nSPS) is 13.1. The summed E-state index contributed by atoms with van der Waals surface area (Å²) < 4.78 is 0. The van der Waals surface area contributed by atoms with Gasteiger partial charge in [0.05, 0.1) is 0 Å². The van der Waals surface area contributed by atoms with Gasteiger partial charge >= 0.3 is 33.7 Å². The number of benzene rings is 1. The fourth-order valence-corrected chi connectivity index (χ4v) is 2.18. The maximum absolute atomic E-state index is 3.16. The third-order valence-corrected chi connectivity index (χ3v) is 3.73. The van der Waals surface area contributed by atoms with Gasteiger partial charge in [0, 0.05) is 0 Å². The number of hydrogen-bond acceptors (Lipinski definition) is 0. The molecule has 0 spiro atoms. The molecule has 0 saturated heterocycles. The van der Waals surface area contributed by atoms with Crippen molar-refractivity contribution < 1.29 is 21.6 Å². The molecule has 0 aromatic heterocycles. The minimum atomic E-state index is 0. The Labute approximate surface area is 213 Å². The van der Waals surface area contributed by atoms with E-state index < -0.39 is 0 Å². The summed E-state index contributed by atoms with van der Waals surface area (Å²) in [5, 5.41) is 0. The van der Waals surface area contributed by atoms with Gasteiger partial charge in [0.2, 0.25) is 0 Å². The number of allylic oxidation sites excluding steroid dienone is 8. The summed E-state index contributed by atoms with van der Waals surface area (Å²) in [6.07, 6.45) is 17.0. The molecule has 0 heterocycles. The zero-order valence-corrected chi connectivity index (χ0v) is 26.2. The van der Waals surface area contributed by atoms with E-state index in [-0.39, 0.29) is 32.2 Å². The van der Waals surface area contributed by atoms with Crippen molar-refractivity contribution in [2.45, 2.75) is 54.4 Å². The van der Waals surface area contributed by atoms with Crippen molar-refractivity contribution in [1.29, 1.82) is 0 Å². The summed E-state index contributed by atoms with van der Waals surface area (Å²) in [7, 11) is 0. The smallest absolute Gasteiger partial charge is 0.171 e. The van der Waals surface area contributed by atoms with Crippen LogP contribution in [0.3, 0.4) is 0 Å². The molecule has 0 fully saturated rings. The first-order chi connectivity index (χ1) is 12.2. The zero-order valence-electron chi connectivity index (χ0n) is 19.1. The van der Waals surface area contributed by atoms with Gasteiger partial charge in [0.25, 0.3) is 0 Å². The van der Waals surface area contributed by atoms with Crippen molar-refractivity contribution in [2.24, 2.45) is 10.8 Å². The molecule has 1 aromatic carbocycles. The molecule has 0 unspecified atom stereocenters. The fourth-order valence-electron chi connectivity index (χ4n) is 2.18. The summed E-state index contributed by atoms with van der Waals surface area (Å²) in [6.45, 7) is 13.3. The van der Waals surface area contributed by atoms with Crippen LogP contribution in [0.5, 0.6) is 0 Å². The van der Waals surface area contributed by atoms with Crippen LogP contribution >= 0.6 is 24.8 Å². The van der Waals surface area contributed by atoms with E-state index in [0.717, 1.165) is 12.8 Å². The second-order valence-corrected chi connectivity index (χ2v) is 8.00. The van der Waals surface area contributed by atoms with E-state index in [1.54, 1.807) is 21.6 Å². The van der Waals surface area contributed by atoms with Crippen LogP contribution in [-0.2, 0) is 21.6 Å². The molecule has 0 radical (unpaired) electrons. The Morgan fingerprint density at radius 2 is 1.07 bits per heavy atom. The van der Waals surface area contributed by atoms with Gasteiger partial charge in [0.1, 0.15) is 0 Å². The molecule has 0 N–H and O–H groups in total. The Hall–Kier alpha value is 0.186. The Bertz CT molecular complexity index is 552. The second-order valence-electron chi connectivity index (χ2n) is 8.00. The maximum Gasteiger partial charge on any atom is -0.171 e. The fraction of sp³-hybridized carbons (Fsp3) is 0.400. The molecule has 0 saturated carbocycles. The van der Waals surface area contributed by atoms with Gasteiger partial charge in [0.15, 0.2) is 0 Å². The van der Waals surface area contributed by atoms with Crippen LogP contribution in [0.2, 0.25) is 0 Å². The summed E-state index contributed by atoms with van der Waals surface area (Å²) in [4.78, 5) is 0. The van der Waals surface area contributed by atoms with Gasteiger partial charge in [-0.15, -0.1) is 37.7 Å². The molecule has 164 valence electrons. The first-order valence-corrected chi connectivity index (χ1v) is 19.5. The summed E-state index contributed by atoms with van der Waals surface area (Å²) in [6, 6.07) is 12.5. The number of hydrogen-bond donors (Lipinski definition) is 0. The van der Waals surface area contributed by atoms with E-state index in [4.69, 9.17) is 0 Å². The van der Waals surface area contributed by atoms with Crippen molar-refractivity contribution in [3.8, 4) is 0 Å². The Morgan fingerprint density at radius 3 is 1.17 bits per heavy atom. The van der Waals surface area contributed by atoms with Crippen LogP contribution in [-0.4, -0.2) is 12.1 Å². The van der Waals surface area contributed by atoms with Crippen LogP contribution in [0.25, 0.3) is 0 Å². The zero-order chi connectivity index (χ0) is 20.1. The number of halogens is 2. The van der Waals surface area contributed by atoms with Gasteiger partial charge in [-0.05, 0) is 0 Å². The molecule has 0 atom stereocenters. The van der Waals surface area contributed by atoms with Crippen molar-refractivity contribution in [1.82, 2.24) is 0 Å². The van der Waals surface area contributed by atoms with Crippen LogP contribution in [0.15, 0.2) is 65.8 Å². The van der Waals surface area contributed by atoms with Crippen LogP contribution < -0.4 is 0 Å². The predicted molar refractivity (Wildman–Crippen MR) is 135 cm³/mol. The monoisotopic (exact) mass is 572 g/mol. The van der Waals surface area contributed by atoms with Crippen molar-refractivity contribution >= 4 is 37.0 Å². The molecular formula is C25H38Cl2GeZr-4. The van der Waals surface area contributed by atoms with E-state index in [1.165, 1.54) is 23.3 Å². The standard InChI is InChI=1S/2C9H13.C6H5.CH3.2ClH.GeH2.Zr/c2*1-9(2,3)8-6-4-5-7-8;1-2-4-6-5-3-1;;;;;/h2*6-7H,4H2,1-3H3;1-5H;1H3;2*1H;1H2;/q4*-1;;;;. The Kier molecular flexibility index (Phi) is 25.3. The Balaban J connectivity index is -0.000000150. The average Bonchev–Trinajstić information content (AvgIpc) is 3.32. The summed E-state index contributed by atoms with van der Waals surface area (Å²) in [5.74, 6) is 0. The molecule has 1 aromatic rings. The van der Waals surface area contributed by atoms with Crippen LogP contribution in [0.1, 0.15) is 54.4 Å². The molecule has 4 heteroatoms.